The summed E-state index contributed by atoms with van der Waals surface area (Å²) in [5, 5.41) is 10.1. The number of thioether (sulfide) groups is 1. The predicted octanol–water partition coefficient (Wildman–Crippen LogP) is 4.49. The molecule has 0 unspecified atom stereocenters. The molecule has 0 radical (unpaired) electrons. The minimum atomic E-state index is -0.220. The summed E-state index contributed by atoms with van der Waals surface area (Å²) in [5.74, 6) is 1.41. The Hall–Kier alpha value is -1.85. The Morgan fingerprint density at radius 3 is 2.35 bits per heavy atom. The van der Waals surface area contributed by atoms with E-state index in [1.807, 2.05) is 35.9 Å². The molecule has 0 aliphatic rings. The van der Waals surface area contributed by atoms with Crippen LogP contribution in [0.3, 0.4) is 0 Å². The van der Waals surface area contributed by atoms with Gasteiger partial charge in [0, 0.05) is 24.2 Å². The molecule has 0 saturated carbocycles. The van der Waals surface area contributed by atoms with Gasteiger partial charge in [0.05, 0.1) is 0 Å². The lowest BCUT2D eigenvalue weighted by molar-refractivity contribution is 0.627. The van der Waals surface area contributed by atoms with Crippen molar-refractivity contribution in [3.8, 4) is 0 Å². The fourth-order valence-electron chi connectivity index (χ4n) is 2.14. The molecule has 0 aliphatic heterocycles. The van der Waals surface area contributed by atoms with E-state index in [1.165, 1.54) is 12.1 Å². The van der Waals surface area contributed by atoms with E-state index in [1.54, 1.807) is 23.9 Å². The number of hydrogen-bond donors (Lipinski definition) is 0. The molecule has 3 rings (SSSR count). The van der Waals surface area contributed by atoms with Crippen LogP contribution in [-0.4, -0.2) is 14.8 Å². The molecule has 0 saturated heterocycles. The normalized spacial score (nSPS) is 10.9. The third-order valence-corrected chi connectivity index (χ3v) is 4.83. The van der Waals surface area contributed by atoms with Gasteiger partial charge in [-0.2, -0.15) is 0 Å². The van der Waals surface area contributed by atoms with Gasteiger partial charge >= 0.3 is 0 Å². The topological polar surface area (TPSA) is 30.7 Å². The van der Waals surface area contributed by atoms with Crippen LogP contribution < -0.4 is 0 Å². The quantitative estimate of drug-likeness (QED) is 0.637. The number of benzene rings is 2. The summed E-state index contributed by atoms with van der Waals surface area (Å²) in [6.45, 7) is 0. The van der Waals surface area contributed by atoms with Gasteiger partial charge in [-0.1, -0.05) is 47.6 Å². The molecular weight excluding hydrogens is 333 g/mol. The molecule has 3 aromatic rings. The van der Waals surface area contributed by atoms with Crippen molar-refractivity contribution in [1.82, 2.24) is 14.8 Å². The second-order valence-electron chi connectivity index (χ2n) is 5.18. The van der Waals surface area contributed by atoms with Gasteiger partial charge in [0.25, 0.3) is 0 Å². The van der Waals surface area contributed by atoms with Crippen molar-refractivity contribution in [2.24, 2.45) is 7.05 Å². The highest BCUT2D eigenvalue weighted by atomic mass is 35.5. The monoisotopic (exact) mass is 347 g/mol. The zero-order valence-corrected chi connectivity index (χ0v) is 14.1. The van der Waals surface area contributed by atoms with Crippen LogP contribution in [0, 0.1) is 5.82 Å². The van der Waals surface area contributed by atoms with E-state index in [2.05, 4.69) is 10.2 Å². The Kier molecular flexibility index (Phi) is 4.98. The fraction of sp³-hybridized carbons (Fsp3) is 0.176. The lowest BCUT2D eigenvalue weighted by Crippen LogP contribution is -2.00. The Morgan fingerprint density at radius 2 is 1.65 bits per heavy atom. The number of hydrogen-bond acceptors (Lipinski definition) is 3. The first-order chi connectivity index (χ1) is 11.1. The molecule has 0 bridgehead atoms. The summed E-state index contributed by atoms with van der Waals surface area (Å²) in [7, 11) is 1.96. The minimum Gasteiger partial charge on any atom is -0.309 e. The van der Waals surface area contributed by atoms with E-state index in [0.717, 1.165) is 32.9 Å². The molecule has 0 fully saturated rings. The molecule has 1 heterocycles. The molecular formula is C17H15ClFN3S. The third kappa shape index (κ3) is 4.12. The van der Waals surface area contributed by atoms with Gasteiger partial charge in [-0.05, 0) is 35.4 Å². The molecule has 2 aromatic carbocycles. The second kappa shape index (κ2) is 7.15. The Balaban J connectivity index is 1.66. The Morgan fingerprint density at radius 1 is 1.00 bits per heavy atom. The summed E-state index contributed by atoms with van der Waals surface area (Å²) < 4.78 is 14.9. The van der Waals surface area contributed by atoms with Crippen LogP contribution in [0.1, 0.15) is 17.0 Å². The van der Waals surface area contributed by atoms with Crippen LogP contribution in [-0.2, 0) is 19.2 Å². The Labute approximate surface area is 143 Å². The van der Waals surface area contributed by atoms with Gasteiger partial charge in [-0.15, -0.1) is 10.2 Å². The highest BCUT2D eigenvalue weighted by molar-refractivity contribution is 7.98. The van der Waals surface area contributed by atoms with Crippen LogP contribution in [0.2, 0.25) is 5.02 Å². The molecule has 1 aromatic heterocycles. The number of rotatable bonds is 5. The van der Waals surface area contributed by atoms with Gasteiger partial charge < -0.3 is 4.57 Å². The minimum absolute atomic E-state index is 0.220. The van der Waals surface area contributed by atoms with Crippen LogP contribution in [0.5, 0.6) is 0 Å². The lowest BCUT2D eigenvalue weighted by Gasteiger charge is -2.04. The summed E-state index contributed by atoms with van der Waals surface area (Å²) in [5.41, 5.74) is 2.19. The average Bonchev–Trinajstić information content (AvgIpc) is 2.90. The van der Waals surface area contributed by atoms with Crippen LogP contribution in [0.15, 0.2) is 53.7 Å². The molecule has 0 aliphatic carbocycles. The predicted molar refractivity (Wildman–Crippen MR) is 91.2 cm³/mol. The lowest BCUT2D eigenvalue weighted by atomic mass is 10.1. The highest BCUT2D eigenvalue weighted by Crippen LogP contribution is 2.22. The number of aromatic nitrogens is 3. The molecule has 0 N–H and O–H groups in total. The first-order valence-corrected chi connectivity index (χ1v) is 8.48. The van der Waals surface area contributed by atoms with Gasteiger partial charge in [0.2, 0.25) is 0 Å². The van der Waals surface area contributed by atoms with Crippen molar-refractivity contribution in [2.45, 2.75) is 17.3 Å². The number of nitrogens with zero attached hydrogens (tertiary/aromatic N) is 3. The van der Waals surface area contributed by atoms with Crippen LogP contribution in [0.25, 0.3) is 0 Å². The van der Waals surface area contributed by atoms with Gasteiger partial charge in [-0.25, -0.2) is 4.39 Å². The van der Waals surface area contributed by atoms with Crippen molar-refractivity contribution < 1.29 is 4.39 Å². The number of halogens is 2. The van der Waals surface area contributed by atoms with Crippen molar-refractivity contribution in [2.75, 3.05) is 0 Å². The van der Waals surface area contributed by atoms with Crippen molar-refractivity contribution in [1.29, 1.82) is 0 Å². The zero-order chi connectivity index (χ0) is 16.2. The zero-order valence-electron chi connectivity index (χ0n) is 12.5. The first kappa shape index (κ1) is 16.0. The molecule has 23 heavy (non-hydrogen) atoms. The summed E-state index contributed by atoms with van der Waals surface area (Å²) in [6.07, 6.45) is 0.706. The maximum Gasteiger partial charge on any atom is 0.191 e. The Bertz CT molecular complexity index is 785. The van der Waals surface area contributed by atoms with E-state index in [0.29, 0.717) is 6.42 Å². The van der Waals surface area contributed by atoms with Crippen molar-refractivity contribution in [3.05, 3.63) is 76.3 Å². The summed E-state index contributed by atoms with van der Waals surface area (Å²) in [6, 6.07) is 14.2. The van der Waals surface area contributed by atoms with Crippen LogP contribution >= 0.6 is 23.4 Å². The largest absolute Gasteiger partial charge is 0.309 e. The van der Waals surface area contributed by atoms with Gasteiger partial charge in [0.15, 0.2) is 5.16 Å². The van der Waals surface area contributed by atoms with Crippen molar-refractivity contribution in [3.63, 3.8) is 0 Å². The van der Waals surface area contributed by atoms with E-state index >= 15 is 0 Å². The molecule has 0 spiro atoms. The SMILES string of the molecule is Cn1c(Cc2ccc(Cl)cc2)nnc1SCc1ccc(F)cc1. The van der Waals surface area contributed by atoms with E-state index in [9.17, 15) is 4.39 Å². The van der Waals surface area contributed by atoms with Gasteiger partial charge in [0.1, 0.15) is 11.6 Å². The highest BCUT2D eigenvalue weighted by Gasteiger charge is 2.10. The molecule has 118 valence electrons. The van der Waals surface area contributed by atoms with Crippen LogP contribution in [0.4, 0.5) is 4.39 Å². The molecule has 6 heteroatoms. The second-order valence-corrected chi connectivity index (χ2v) is 6.56. The standard InChI is InChI=1S/C17H15ClFN3S/c1-22-16(10-12-2-6-14(18)7-3-12)20-21-17(22)23-11-13-4-8-15(19)9-5-13/h2-9H,10-11H2,1H3. The van der Waals surface area contributed by atoms with E-state index in [-0.39, 0.29) is 5.82 Å². The maximum absolute atomic E-state index is 12.9. The van der Waals surface area contributed by atoms with Crippen molar-refractivity contribution >= 4 is 23.4 Å². The van der Waals surface area contributed by atoms with Gasteiger partial charge in [-0.3, -0.25) is 0 Å². The smallest absolute Gasteiger partial charge is 0.191 e. The molecule has 0 atom stereocenters. The molecule has 3 nitrogen and oxygen atoms in total. The fourth-order valence-corrected chi connectivity index (χ4v) is 3.15. The van der Waals surface area contributed by atoms with E-state index in [4.69, 9.17) is 11.6 Å². The maximum atomic E-state index is 12.9. The third-order valence-electron chi connectivity index (χ3n) is 3.48. The molecule has 0 amide bonds. The average molecular weight is 348 g/mol. The first-order valence-electron chi connectivity index (χ1n) is 7.12. The summed E-state index contributed by atoms with van der Waals surface area (Å²) in [4.78, 5) is 0. The van der Waals surface area contributed by atoms with E-state index < -0.39 is 0 Å². The summed E-state index contributed by atoms with van der Waals surface area (Å²) >= 11 is 7.48.